The van der Waals surface area contributed by atoms with E-state index in [9.17, 15) is 9.50 Å². The Hall–Kier alpha value is -1.50. The maximum atomic E-state index is 13.7. The first-order valence-electron chi connectivity index (χ1n) is 7.80. The molecule has 2 heterocycles. The van der Waals surface area contributed by atoms with Crippen LogP contribution in [-0.4, -0.2) is 63.2 Å². The topological polar surface area (TPSA) is 55.4 Å². The van der Waals surface area contributed by atoms with E-state index >= 15 is 0 Å². The number of hydrogen-bond acceptors (Lipinski definition) is 4. The number of nitrogens with zero attached hydrogens (tertiary/aromatic N) is 3. The molecule has 1 aromatic heterocycles. The van der Waals surface area contributed by atoms with Gasteiger partial charge < -0.3 is 10.1 Å². The summed E-state index contributed by atoms with van der Waals surface area (Å²) in [5, 5.41) is 9.52. The fourth-order valence-electron chi connectivity index (χ4n) is 3.16. The van der Waals surface area contributed by atoms with Crippen molar-refractivity contribution in [1.82, 2.24) is 19.8 Å². The number of piperazine rings is 1. The second kappa shape index (κ2) is 6.32. The number of nitrogens with one attached hydrogen (secondary N) is 1. The van der Waals surface area contributed by atoms with Crippen molar-refractivity contribution in [3.05, 3.63) is 29.8 Å². The Morgan fingerprint density at radius 3 is 2.95 bits per heavy atom. The molecule has 1 aromatic carbocycles. The van der Waals surface area contributed by atoms with Gasteiger partial charge in [0, 0.05) is 32.2 Å². The standard InChI is InChI=1S/C16H23FN4O/c1-11-8-20(6-7-21(11)9-12(2)22)10-15-18-14-5-3-4-13(17)16(14)19-15/h3-5,11-12,22H,6-10H2,1-2H3,(H,18,19)/t11-,12+/m0/s1. The van der Waals surface area contributed by atoms with E-state index in [1.807, 2.05) is 13.0 Å². The Morgan fingerprint density at radius 2 is 2.27 bits per heavy atom. The monoisotopic (exact) mass is 306 g/mol. The summed E-state index contributed by atoms with van der Waals surface area (Å²) < 4.78 is 13.7. The molecule has 1 fully saturated rings. The second-order valence-corrected chi connectivity index (χ2v) is 6.25. The maximum Gasteiger partial charge on any atom is 0.151 e. The van der Waals surface area contributed by atoms with Crippen molar-refractivity contribution in [2.24, 2.45) is 0 Å². The van der Waals surface area contributed by atoms with Crippen LogP contribution in [-0.2, 0) is 6.54 Å². The highest BCUT2D eigenvalue weighted by molar-refractivity contribution is 5.75. The fraction of sp³-hybridized carbons (Fsp3) is 0.562. The molecule has 0 bridgehead atoms. The highest BCUT2D eigenvalue weighted by atomic mass is 19.1. The Morgan fingerprint density at radius 1 is 1.45 bits per heavy atom. The summed E-state index contributed by atoms with van der Waals surface area (Å²) in [6, 6.07) is 5.36. The van der Waals surface area contributed by atoms with E-state index in [1.165, 1.54) is 6.07 Å². The van der Waals surface area contributed by atoms with Gasteiger partial charge in [-0.05, 0) is 26.0 Å². The highest BCUT2D eigenvalue weighted by Gasteiger charge is 2.25. The molecule has 1 aliphatic heterocycles. The van der Waals surface area contributed by atoms with Crippen LogP contribution in [0.2, 0.25) is 0 Å². The number of rotatable bonds is 4. The van der Waals surface area contributed by atoms with Crippen LogP contribution < -0.4 is 0 Å². The van der Waals surface area contributed by atoms with Gasteiger partial charge in [-0.25, -0.2) is 9.37 Å². The first kappa shape index (κ1) is 15.4. The van der Waals surface area contributed by atoms with E-state index in [-0.39, 0.29) is 11.9 Å². The number of benzene rings is 1. The van der Waals surface area contributed by atoms with Crippen LogP contribution in [0.25, 0.3) is 11.0 Å². The van der Waals surface area contributed by atoms with Crippen molar-refractivity contribution in [2.45, 2.75) is 32.5 Å². The Kier molecular flexibility index (Phi) is 4.42. The fourth-order valence-corrected chi connectivity index (χ4v) is 3.16. The molecule has 1 aliphatic rings. The minimum Gasteiger partial charge on any atom is -0.392 e. The minimum atomic E-state index is -0.299. The highest BCUT2D eigenvalue weighted by Crippen LogP contribution is 2.17. The molecule has 3 rings (SSSR count). The van der Waals surface area contributed by atoms with E-state index in [4.69, 9.17) is 0 Å². The number of imidazole rings is 1. The number of halogens is 1. The molecule has 0 aliphatic carbocycles. The summed E-state index contributed by atoms with van der Waals surface area (Å²) in [6.45, 7) is 8.18. The van der Waals surface area contributed by atoms with Crippen LogP contribution in [0, 0.1) is 5.82 Å². The maximum absolute atomic E-state index is 13.7. The summed E-state index contributed by atoms with van der Waals surface area (Å²) in [7, 11) is 0. The summed E-state index contributed by atoms with van der Waals surface area (Å²) in [6.07, 6.45) is -0.299. The molecule has 0 amide bonds. The molecule has 6 heteroatoms. The first-order chi connectivity index (χ1) is 10.5. The van der Waals surface area contributed by atoms with Crippen LogP contribution >= 0.6 is 0 Å². The zero-order valence-corrected chi connectivity index (χ0v) is 13.1. The van der Waals surface area contributed by atoms with E-state index in [0.29, 0.717) is 24.6 Å². The van der Waals surface area contributed by atoms with Crippen molar-refractivity contribution >= 4 is 11.0 Å². The first-order valence-corrected chi connectivity index (χ1v) is 7.80. The van der Waals surface area contributed by atoms with E-state index in [0.717, 1.165) is 31.0 Å². The number of hydrogen-bond donors (Lipinski definition) is 2. The Balaban J connectivity index is 1.65. The SMILES string of the molecule is C[C@@H](O)CN1CCN(Cc2nc3c(F)cccc3[nH]2)C[C@@H]1C. The number of fused-ring (bicyclic) bond motifs is 1. The number of H-pyrrole nitrogens is 1. The van der Waals surface area contributed by atoms with Crippen LogP contribution in [0.1, 0.15) is 19.7 Å². The lowest BCUT2D eigenvalue weighted by Crippen LogP contribution is -2.53. The molecular weight excluding hydrogens is 283 g/mol. The van der Waals surface area contributed by atoms with Crippen LogP contribution in [0.4, 0.5) is 4.39 Å². The largest absolute Gasteiger partial charge is 0.392 e. The number of aromatic amines is 1. The predicted octanol–water partition coefficient (Wildman–Crippen LogP) is 1.59. The average Bonchev–Trinajstić information content (AvgIpc) is 2.85. The summed E-state index contributed by atoms with van der Waals surface area (Å²) >= 11 is 0. The van der Waals surface area contributed by atoms with Gasteiger partial charge in [-0.15, -0.1) is 0 Å². The Labute approximate surface area is 129 Å². The number of aliphatic hydroxyl groups is 1. The van der Waals surface area contributed by atoms with Gasteiger partial charge in [0.05, 0.1) is 18.2 Å². The van der Waals surface area contributed by atoms with Gasteiger partial charge in [-0.3, -0.25) is 9.80 Å². The van der Waals surface area contributed by atoms with E-state index in [2.05, 4.69) is 26.7 Å². The van der Waals surface area contributed by atoms with Gasteiger partial charge in [-0.1, -0.05) is 6.07 Å². The number of β-amino-alcohol motifs (C(OH)–C–C–N with tert-alkyl or cyclic N) is 1. The van der Waals surface area contributed by atoms with Crippen molar-refractivity contribution in [3.8, 4) is 0 Å². The van der Waals surface area contributed by atoms with Crippen molar-refractivity contribution in [2.75, 3.05) is 26.2 Å². The normalized spacial score (nSPS) is 22.3. The molecule has 2 N–H and O–H groups in total. The lowest BCUT2D eigenvalue weighted by Gasteiger charge is -2.40. The second-order valence-electron chi connectivity index (χ2n) is 6.25. The number of para-hydroxylation sites is 1. The summed E-state index contributed by atoms with van der Waals surface area (Å²) in [4.78, 5) is 12.2. The number of aromatic nitrogens is 2. The van der Waals surface area contributed by atoms with E-state index in [1.54, 1.807) is 6.07 Å². The molecule has 2 atom stereocenters. The molecule has 22 heavy (non-hydrogen) atoms. The van der Waals surface area contributed by atoms with Gasteiger partial charge >= 0.3 is 0 Å². The van der Waals surface area contributed by atoms with Crippen molar-refractivity contribution in [3.63, 3.8) is 0 Å². The van der Waals surface area contributed by atoms with Crippen molar-refractivity contribution < 1.29 is 9.50 Å². The molecule has 1 saturated heterocycles. The smallest absolute Gasteiger partial charge is 0.151 e. The third kappa shape index (κ3) is 3.29. The van der Waals surface area contributed by atoms with Crippen LogP contribution in [0.15, 0.2) is 18.2 Å². The number of aliphatic hydroxyl groups excluding tert-OH is 1. The van der Waals surface area contributed by atoms with E-state index < -0.39 is 0 Å². The molecule has 5 nitrogen and oxygen atoms in total. The quantitative estimate of drug-likeness (QED) is 0.901. The predicted molar refractivity (Wildman–Crippen MR) is 84.0 cm³/mol. The molecular formula is C16H23FN4O. The molecule has 0 unspecified atom stereocenters. The average molecular weight is 306 g/mol. The zero-order valence-electron chi connectivity index (χ0n) is 13.1. The molecule has 0 saturated carbocycles. The van der Waals surface area contributed by atoms with Gasteiger partial charge in [-0.2, -0.15) is 0 Å². The van der Waals surface area contributed by atoms with Gasteiger partial charge in [0.25, 0.3) is 0 Å². The van der Waals surface area contributed by atoms with Crippen LogP contribution in [0.5, 0.6) is 0 Å². The lowest BCUT2D eigenvalue weighted by atomic mass is 10.1. The molecule has 2 aromatic rings. The van der Waals surface area contributed by atoms with Gasteiger partial charge in [0.1, 0.15) is 11.3 Å². The zero-order chi connectivity index (χ0) is 15.7. The van der Waals surface area contributed by atoms with Gasteiger partial charge in [0.15, 0.2) is 5.82 Å². The van der Waals surface area contributed by atoms with Gasteiger partial charge in [0.2, 0.25) is 0 Å². The summed E-state index contributed by atoms with van der Waals surface area (Å²) in [5.41, 5.74) is 1.16. The van der Waals surface area contributed by atoms with Crippen LogP contribution in [0.3, 0.4) is 0 Å². The third-order valence-corrected chi connectivity index (χ3v) is 4.23. The molecule has 120 valence electrons. The minimum absolute atomic E-state index is 0.282. The summed E-state index contributed by atoms with van der Waals surface area (Å²) in [5.74, 6) is 0.520. The third-order valence-electron chi connectivity index (χ3n) is 4.23. The molecule has 0 radical (unpaired) electrons. The Bertz CT molecular complexity index is 642. The van der Waals surface area contributed by atoms with Crippen molar-refractivity contribution in [1.29, 1.82) is 0 Å². The lowest BCUT2D eigenvalue weighted by molar-refractivity contribution is 0.0415. The molecule has 0 spiro atoms.